The highest BCUT2D eigenvalue weighted by Crippen LogP contribution is 2.14. The quantitative estimate of drug-likeness (QED) is 0.637. The summed E-state index contributed by atoms with van der Waals surface area (Å²) < 4.78 is 0. The van der Waals surface area contributed by atoms with Crippen molar-refractivity contribution in [2.75, 3.05) is 6.54 Å². The fraction of sp³-hybridized carbons (Fsp3) is 0.923. The standard InChI is InChI=1S/C13H28N2O/c1-4-7-11(8-5-2)13(16)15-12(6-3)9-10-14/h11-12H,4-10,14H2,1-3H3,(H,15,16). The third kappa shape index (κ3) is 6.11. The highest BCUT2D eigenvalue weighted by atomic mass is 16.1. The van der Waals surface area contributed by atoms with Crippen molar-refractivity contribution in [2.24, 2.45) is 11.7 Å². The van der Waals surface area contributed by atoms with E-state index in [4.69, 9.17) is 5.73 Å². The highest BCUT2D eigenvalue weighted by molar-refractivity contribution is 5.78. The largest absolute Gasteiger partial charge is 0.353 e. The van der Waals surface area contributed by atoms with Gasteiger partial charge >= 0.3 is 0 Å². The SMILES string of the molecule is CCCC(CCC)C(=O)NC(CC)CCN. The maximum Gasteiger partial charge on any atom is 0.223 e. The van der Waals surface area contributed by atoms with Crippen LogP contribution in [0.5, 0.6) is 0 Å². The van der Waals surface area contributed by atoms with E-state index in [1.807, 2.05) is 0 Å². The topological polar surface area (TPSA) is 55.1 Å². The Morgan fingerprint density at radius 1 is 1.12 bits per heavy atom. The molecule has 0 aromatic heterocycles. The van der Waals surface area contributed by atoms with Gasteiger partial charge in [-0.2, -0.15) is 0 Å². The fourth-order valence-electron chi connectivity index (χ4n) is 2.00. The third-order valence-electron chi connectivity index (χ3n) is 3.00. The zero-order valence-corrected chi connectivity index (χ0v) is 11.1. The molecule has 3 N–H and O–H groups in total. The van der Waals surface area contributed by atoms with Gasteiger partial charge in [-0.3, -0.25) is 4.79 Å². The zero-order chi connectivity index (χ0) is 12.4. The molecule has 3 nitrogen and oxygen atoms in total. The molecule has 1 atom stereocenters. The molecule has 0 aromatic carbocycles. The molecular weight excluding hydrogens is 200 g/mol. The van der Waals surface area contributed by atoms with Gasteiger partial charge in [-0.05, 0) is 32.2 Å². The number of rotatable bonds is 9. The third-order valence-corrected chi connectivity index (χ3v) is 3.00. The van der Waals surface area contributed by atoms with Crippen molar-refractivity contribution in [3.05, 3.63) is 0 Å². The van der Waals surface area contributed by atoms with Crippen molar-refractivity contribution >= 4 is 5.91 Å². The number of carbonyl (C=O) groups excluding carboxylic acids is 1. The molecule has 1 unspecified atom stereocenters. The predicted molar refractivity (Wildman–Crippen MR) is 69.2 cm³/mol. The molecule has 0 saturated heterocycles. The first-order valence-electron chi connectivity index (χ1n) is 6.69. The summed E-state index contributed by atoms with van der Waals surface area (Å²) in [5.41, 5.74) is 5.52. The molecule has 16 heavy (non-hydrogen) atoms. The molecule has 0 fully saturated rings. The van der Waals surface area contributed by atoms with Gasteiger partial charge in [0.25, 0.3) is 0 Å². The first-order valence-corrected chi connectivity index (χ1v) is 6.69. The Morgan fingerprint density at radius 3 is 2.06 bits per heavy atom. The lowest BCUT2D eigenvalue weighted by Crippen LogP contribution is -2.39. The van der Waals surface area contributed by atoms with E-state index in [1.165, 1.54) is 0 Å². The van der Waals surface area contributed by atoms with E-state index in [2.05, 4.69) is 26.1 Å². The average Bonchev–Trinajstić information content (AvgIpc) is 2.28. The Labute approximate surface area is 100 Å². The maximum atomic E-state index is 12.0. The van der Waals surface area contributed by atoms with Crippen molar-refractivity contribution in [1.82, 2.24) is 5.32 Å². The molecule has 96 valence electrons. The Hall–Kier alpha value is -0.570. The van der Waals surface area contributed by atoms with Crippen molar-refractivity contribution in [3.63, 3.8) is 0 Å². The van der Waals surface area contributed by atoms with Crippen LogP contribution in [0.1, 0.15) is 59.3 Å². The normalized spacial score (nSPS) is 12.8. The van der Waals surface area contributed by atoms with Gasteiger partial charge in [-0.1, -0.05) is 33.6 Å². The molecule has 0 aliphatic rings. The van der Waals surface area contributed by atoms with E-state index >= 15 is 0 Å². The van der Waals surface area contributed by atoms with Gasteiger partial charge < -0.3 is 11.1 Å². The van der Waals surface area contributed by atoms with Crippen LogP contribution in [0.3, 0.4) is 0 Å². The smallest absolute Gasteiger partial charge is 0.223 e. The monoisotopic (exact) mass is 228 g/mol. The summed E-state index contributed by atoms with van der Waals surface area (Å²) in [5, 5.41) is 3.12. The lowest BCUT2D eigenvalue weighted by Gasteiger charge is -2.21. The van der Waals surface area contributed by atoms with Crippen LogP contribution in [0, 0.1) is 5.92 Å². The van der Waals surface area contributed by atoms with Gasteiger partial charge in [-0.25, -0.2) is 0 Å². The number of carbonyl (C=O) groups is 1. The van der Waals surface area contributed by atoms with Crippen LogP contribution in [0.4, 0.5) is 0 Å². The summed E-state index contributed by atoms with van der Waals surface area (Å²) in [7, 11) is 0. The molecule has 0 aliphatic heterocycles. The van der Waals surface area contributed by atoms with Crippen molar-refractivity contribution < 1.29 is 4.79 Å². The predicted octanol–water partition coefficient (Wildman–Crippen LogP) is 2.45. The Bertz CT molecular complexity index is 177. The van der Waals surface area contributed by atoms with Crippen molar-refractivity contribution in [3.8, 4) is 0 Å². The molecule has 0 aliphatic carbocycles. The number of hydrogen-bond donors (Lipinski definition) is 2. The first kappa shape index (κ1) is 15.4. The van der Waals surface area contributed by atoms with E-state index in [-0.39, 0.29) is 17.9 Å². The minimum absolute atomic E-state index is 0.196. The van der Waals surface area contributed by atoms with E-state index in [0.29, 0.717) is 6.54 Å². The molecule has 0 heterocycles. The van der Waals surface area contributed by atoms with Crippen LogP contribution < -0.4 is 11.1 Å². The molecule has 0 bridgehead atoms. The molecule has 0 radical (unpaired) electrons. The van der Waals surface area contributed by atoms with Crippen LogP contribution >= 0.6 is 0 Å². The highest BCUT2D eigenvalue weighted by Gasteiger charge is 2.18. The molecule has 0 saturated carbocycles. The lowest BCUT2D eigenvalue weighted by atomic mass is 9.96. The second-order valence-electron chi connectivity index (χ2n) is 4.47. The zero-order valence-electron chi connectivity index (χ0n) is 11.1. The minimum atomic E-state index is 0.196. The second-order valence-corrected chi connectivity index (χ2v) is 4.47. The summed E-state index contributed by atoms with van der Waals surface area (Å²) in [4.78, 5) is 12.0. The summed E-state index contributed by atoms with van der Waals surface area (Å²) >= 11 is 0. The number of nitrogens with one attached hydrogen (secondary N) is 1. The second kappa shape index (κ2) is 9.64. The first-order chi connectivity index (χ1) is 7.69. The van der Waals surface area contributed by atoms with Crippen LogP contribution in [0.2, 0.25) is 0 Å². The summed E-state index contributed by atoms with van der Waals surface area (Å²) in [5.74, 6) is 0.422. The van der Waals surface area contributed by atoms with Crippen LogP contribution in [0.15, 0.2) is 0 Å². The van der Waals surface area contributed by atoms with E-state index < -0.39 is 0 Å². The average molecular weight is 228 g/mol. The molecule has 0 aromatic rings. The van der Waals surface area contributed by atoms with Gasteiger partial charge in [0.2, 0.25) is 5.91 Å². The van der Waals surface area contributed by atoms with Crippen molar-refractivity contribution in [1.29, 1.82) is 0 Å². The number of nitrogens with two attached hydrogens (primary N) is 1. The fourth-order valence-corrected chi connectivity index (χ4v) is 2.00. The van der Waals surface area contributed by atoms with Gasteiger partial charge in [0, 0.05) is 12.0 Å². The van der Waals surface area contributed by atoms with Gasteiger partial charge in [0.05, 0.1) is 0 Å². The van der Waals surface area contributed by atoms with Gasteiger partial charge in [0.1, 0.15) is 0 Å². The molecule has 0 spiro atoms. The van der Waals surface area contributed by atoms with Gasteiger partial charge in [0.15, 0.2) is 0 Å². The summed E-state index contributed by atoms with van der Waals surface area (Å²) in [6.07, 6.45) is 6.00. The van der Waals surface area contributed by atoms with Crippen LogP contribution in [-0.4, -0.2) is 18.5 Å². The molecule has 0 rings (SSSR count). The van der Waals surface area contributed by atoms with Crippen molar-refractivity contribution in [2.45, 2.75) is 65.3 Å². The Kier molecular flexibility index (Phi) is 9.30. The van der Waals surface area contributed by atoms with Gasteiger partial charge in [-0.15, -0.1) is 0 Å². The Morgan fingerprint density at radius 2 is 1.69 bits per heavy atom. The minimum Gasteiger partial charge on any atom is -0.353 e. The number of amides is 1. The van der Waals surface area contributed by atoms with Crippen LogP contribution in [0.25, 0.3) is 0 Å². The molecule has 3 heteroatoms. The summed E-state index contributed by atoms with van der Waals surface area (Å²) in [6, 6.07) is 0.258. The lowest BCUT2D eigenvalue weighted by molar-refractivity contribution is -0.126. The Balaban J connectivity index is 4.14. The maximum absolute atomic E-state index is 12.0. The van der Waals surface area contributed by atoms with E-state index in [0.717, 1.165) is 38.5 Å². The molecule has 1 amide bonds. The van der Waals surface area contributed by atoms with Crippen LogP contribution in [-0.2, 0) is 4.79 Å². The summed E-state index contributed by atoms with van der Waals surface area (Å²) in [6.45, 7) is 7.00. The number of hydrogen-bond acceptors (Lipinski definition) is 2. The molecular formula is C13H28N2O. The van der Waals surface area contributed by atoms with E-state index in [1.54, 1.807) is 0 Å². The van der Waals surface area contributed by atoms with E-state index in [9.17, 15) is 4.79 Å².